The maximum Gasteiger partial charge on any atom is 0.359 e. The van der Waals surface area contributed by atoms with Crippen molar-refractivity contribution in [2.45, 2.75) is 38.0 Å². The number of carbonyl (C=O) groups is 4. The molecule has 1 heterocycles. The van der Waals surface area contributed by atoms with Crippen molar-refractivity contribution in [1.82, 2.24) is 4.90 Å². The zero-order chi connectivity index (χ0) is 38.1. The molecule has 0 radical (unpaired) electrons. The van der Waals surface area contributed by atoms with Gasteiger partial charge in [-0.15, -0.1) is 0 Å². The minimum absolute atomic E-state index is 0.0578. The number of amides is 2. The number of carboxylic acid groups (broad SMARTS) is 1. The number of nitrogens with two attached hydrogens (primary N) is 1. The van der Waals surface area contributed by atoms with Crippen molar-refractivity contribution in [1.29, 1.82) is 0 Å². The van der Waals surface area contributed by atoms with Crippen LogP contribution in [0.5, 0.6) is 0 Å². The molecule has 274 valence electrons. The molecule has 11 nitrogen and oxygen atoms in total. The number of nitrogens with zero attached hydrogens (tertiary/aromatic N) is 3. The smallest absolute Gasteiger partial charge is 0.359 e. The second-order valence-electron chi connectivity index (χ2n) is 13.2. The van der Waals surface area contributed by atoms with Crippen LogP contribution in [0.15, 0.2) is 139 Å². The summed E-state index contributed by atoms with van der Waals surface area (Å²) in [6.45, 7) is 0.632. The molecule has 1 atom stereocenters. The third-order valence-electron chi connectivity index (χ3n) is 9.64. The minimum atomic E-state index is -1.42. The van der Waals surface area contributed by atoms with Gasteiger partial charge in [0.1, 0.15) is 12.1 Å². The molecule has 0 fully saturated rings. The number of likely N-dealkylation sites (N-methyl/N-ethyl adjacent to an activating group) is 1. The summed E-state index contributed by atoms with van der Waals surface area (Å²) in [4.78, 5) is 56.9. The largest absolute Gasteiger partial charge is 0.481 e. The Balaban J connectivity index is 1.24. The number of carbonyl (C=O) groups excluding carboxylic acids is 3. The Morgan fingerprint density at radius 3 is 2.02 bits per heavy atom. The molecule has 0 aliphatic carbocycles. The van der Waals surface area contributed by atoms with Crippen molar-refractivity contribution in [2.24, 2.45) is 10.9 Å². The minimum Gasteiger partial charge on any atom is -0.481 e. The normalized spacial score (nSPS) is 15.6. The Morgan fingerprint density at radius 1 is 0.815 bits per heavy atom. The van der Waals surface area contributed by atoms with Crippen LogP contribution < -0.4 is 16.1 Å². The Hall–Kier alpha value is -6.75. The number of hydrazone groups is 1. The van der Waals surface area contributed by atoms with E-state index in [4.69, 9.17) is 10.6 Å². The van der Waals surface area contributed by atoms with Crippen LogP contribution in [0.3, 0.4) is 0 Å². The molecule has 11 heteroatoms. The van der Waals surface area contributed by atoms with Crippen LogP contribution in [0.1, 0.15) is 44.6 Å². The van der Waals surface area contributed by atoms with Crippen LogP contribution in [0.4, 0.5) is 11.4 Å². The van der Waals surface area contributed by atoms with Gasteiger partial charge in [-0.05, 0) is 59.0 Å². The highest BCUT2D eigenvalue weighted by atomic mass is 16.5. The van der Waals surface area contributed by atoms with Crippen LogP contribution in [-0.2, 0) is 45.1 Å². The van der Waals surface area contributed by atoms with Crippen molar-refractivity contribution in [3.63, 3.8) is 0 Å². The van der Waals surface area contributed by atoms with E-state index in [1.165, 1.54) is 0 Å². The third kappa shape index (κ3) is 8.47. The highest BCUT2D eigenvalue weighted by Crippen LogP contribution is 2.38. The first-order chi connectivity index (χ1) is 26.2. The lowest BCUT2D eigenvalue weighted by Crippen LogP contribution is -2.60. The molecule has 5 aromatic carbocycles. The number of anilines is 2. The fourth-order valence-corrected chi connectivity index (χ4v) is 6.81. The molecular weight excluding hydrogens is 683 g/mol. The predicted molar refractivity (Wildman–Crippen MR) is 207 cm³/mol. The standard InChI is InChI=1S/C43H41N5O6/c1-47-37-22-21-36(45-40(51)34-19-17-33(18-20-34)39(46-44)41(52)54-29-32-15-9-4-10-16-32)25-35(37)28-48(24-23-30-11-5-2-6-12-30)42(53)43(47,27-38(49)50)26-31-13-7-3-8-14-31/h2-22,25H,23-24,26-29,44H2,1H3,(H,45,51)(H,49,50). The molecule has 0 saturated carbocycles. The summed E-state index contributed by atoms with van der Waals surface area (Å²) in [5, 5.41) is 16.8. The summed E-state index contributed by atoms with van der Waals surface area (Å²) < 4.78 is 5.38. The van der Waals surface area contributed by atoms with E-state index in [1.807, 2.05) is 103 Å². The number of nitrogens with one attached hydrogen (secondary N) is 1. The first kappa shape index (κ1) is 37.0. The average molecular weight is 724 g/mol. The fraction of sp³-hybridized carbons (Fsp3) is 0.186. The van der Waals surface area contributed by atoms with E-state index < -0.39 is 29.8 Å². The summed E-state index contributed by atoms with van der Waals surface area (Å²) in [6, 6.07) is 40.1. The molecule has 6 rings (SSSR count). The molecule has 1 aliphatic rings. The van der Waals surface area contributed by atoms with Gasteiger partial charge in [0, 0.05) is 49.1 Å². The Bertz CT molecular complexity index is 2140. The predicted octanol–water partition coefficient (Wildman–Crippen LogP) is 5.82. The van der Waals surface area contributed by atoms with Crippen LogP contribution in [0, 0.1) is 0 Å². The number of fused-ring (bicyclic) bond motifs is 1. The summed E-state index contributed by atoms with van der Waals surface area (Å²) >= 11 is 0. The second-order valence-corrected chi connectivity index (χ2v) is 13.2. The zero-order valence-electron chi connectivity index (χ0n) is 29.9. The van der Waals surface area contributed by atoms with Crippen LogP contribution in [0.2, 0.25) is 0 Å². The number of hydrogen-bond donors (Lipinski definition) is 3. The molecular formula is C43H41N5O6. The van der Waals surface area contributed by atoms with E-state index in [-0.39, 0.29) is 31.2 Å². The molecule has 0 aromatic heterocycles. The van der Waals surface area contributed by atoms with Gasteiger partial charge >= 0.3 is 11.9 Å². The third-order valence-corrected chi connectivity index (χ3v) is 9.64. The number of carboxylic acids is 1. The highest BCUT2D eigenvalue weighted by molar-refractivity contribution is 6.43. The van der Waals surface area contributed by atoms with E-state index in [0.29, 0.717) is 35.5 Å². The molecule has 0 spiro atoms. The van der Waals surface area contributed by atoms with Crippen molar-refractivity contribution in [2.75, 3.05) is 23.8 Å². The lowest BCUT2D eigenvalue weighted by molar-refractivity contribution is -0.146. The monoisotopic (exact) mass is 723 g/mol. The van der Waals surface area contributed by atoms with E-state index >= 15 is 0 Å². The number of rotatable bonds is 13. The van der Waals surface area contributed by atoms with E-state index in [0.717, 1.165) is 22.3 Å². The van der Waals surface area contributed by atoms with Gasteiger partial charge in [0.2, 0.25) is 5.91 Å². The van der Waals surface area contributed by atoms with E-state index in [1.54, 1.807) is 47.2 Å². The van der Waals surface area contributed by atoms with Gasteiger partial charge in [-0.25, -0.2) is 4.79 Å². The number of benzene rings is 5. The lowest BCUT2D eigenvalue weighted by atomic mass is 9.84. The number of esters is 1. The maximum absolute atomic E-state index is 14.7. The van der Waals surface area contributed by atoms with E-state index in [9.17, 15) is 24.3 Å². The summed E-state index contributed by atoms with van der Waals surface area (Å²) in [7, 11) is 1.76. The lowest BCUT2D eigenvalue weighted by Gasteiger charge is -2.42. The first-order valence-corrected chi connectivity index (χ1v) is 17.5. The number of aliphatic carboxylic acids is 1. The van der Waals surface area contributed by atoms with Crippen LogP contribution in [0.25, 0.3) is 0 Å². The highest BCUT2D eigenvalue weighted by Gasteiger charge is 2.49. The molecule has 5 aromatic rings. The summed E-state index contributed by atoms with van der Waals surface area (Å²) in [5.74, 6) is 3.09. The van der Waals surface area contributed by atoms with Crippen LogP contribution in [-0.4, -0.2) is 58.6 Å². The average Bonchev–Trinajstić information content (AvgIpc) is 3.26. The molecule has 1 unspecified atom stereocenters. The summed E-state index contributed by atoms with van der Waals surface area (Å²) in [5.41, 5.74) is 3.87. The van der Waals surface area contributed by atoms with Gasteiger partial charge in [-0.1, -0.05) is 103 Å². The van der Waals surface area contributed by atoms with Crippen molar-refractivity contribution in [3.05, 3.63) is 167 Å². The van der Waals surface area contributed by atoms with Crippen LogP contribution >= 0.6 is 0 Å². The number of hydrogen-bond acceptors (Lipinski definition) is 8. The van der Waals surface area contributed by atoms with E-state index in [2.05, 4.69) is 10.4 Å². The van der Waals surface area contributed by atoms with Gasteiger partial charge in [0.05, 0.1) is 6.42 Å². The topological polar surface area (TPSA) is 155 Å². The molecule has 4 N–H and O–H groups in total. The molecule has 1 aliphatic heterocycles. The second kappa shape index (κ2) is 16.7. The van der Waals surface area contributed by atoms with Crippen molar-refractivity contribution < 1.29 is 29.0 Å². The summed E-state index contributed by atoms with van der Waals surface area (Å²) in [6.07, 6.45) is 0.356. The zero-order valence-corrected chi connectivity index (χ0v) is 29.9. The van der Waals surface area contributed by atoms with Gasteiger partial charge in [0.15, 0.2) is 5.71 Å². The molecule has 0 saturated heterocycles. The SMILES string of the molecule is CN1c2ccc(NC(=O)c3ccc(C(=NN)C(=O)OCc4ccccc4)cc3)cc2CN(CCc2ccccc2)C(=O)C1(CC(=O)O)Cc1ccccc1. The molecule has 54 heavy (non-hydrogen) atoms. The number of ether oxygens (including phenoxy) is 1. The van der Waals surface area contributed by atoms with Gasteiger partial charge in [-0.2, -0.15) is 5.10 Å². The van der Waals surface area contributed by atoms with Gasteiger partial charge < -0.3 is 30.8 Å². The first-order valence-electron chi connectivity index (χ1n) is 17.5. The van der Waals surface area contributed by atoms with Gasteiger partial charge in [-0.3, -0.25) is 14.4 Å². The Labute approximate surface area is 313 Å². The Kier molecular flexibility index (Phi) is 11.5. The molecule has 0 bridgehead atoms. The van der Waals surface area contributed by atoms with Crippen molar-refractivity contribution >= 4 is 40.8 Å². The van der Waals surface area contributed by atoms with Crippen molar-refractivity contribution in [3.8, 4) is 0 Å². The van der Waals surface area contributed by atoms with Gasteiger partial charge in [0.25, 0.3) is 5.91 Å². The Morgan fingerprint density at radius 2 is 1.41 bits per heavy atom. The maximum atomic E-state index is 14.7. The fourth-order valence-electron chi connectivity index (χ4n) is 6.81. The quantitative estimate of drug-likeness (QED) is 0.0594. The molecule has 2 amide bonds.